The molecule has 0 unspecified atom stereocenters. The molecule has 1 aliphatic rings. The third-order valence-corrected chi connectivity index (χ3v) is 6.93. The van der Waals surface area contributed by atoms with Crippen molar-refractivity contribution in [3.8, 4) is 17.6 Å². The fourth-order valence-corrected chi connectivity index (χ4v) is 4.91. The summed E-state index contributed by atoms with van der Waals surface area (Å²) in [6.07, 6.45) is 7.42. The second-order valence-corrected chi connectivity index (χ2v) is 9.52. The second kappa shape index (κ2) is 12.3. The molecule has 2 aromatic carbocycles. The molecule has 0 atom stereocenters. The van der Waals surface area contributed by atoms with Crippen molar-refractivity contribution in [1.29, 1.82) is 5.26 Å². The quantitative estimate of drug-likeness (QED) is 0.208. The Kier molecular flexibility index (Phi) is 8.71. The van der Waals surface area contributed by atoms with E-state index in [4.69, 9.17) is 21.1 Å². The first-order chi connectivity index (χ1) is 17.1. The normalized spacial score (nSPS) is 14.2. The number of nitrogens with one attached hydrogen (secondary N) is 1. The van der Waals surface area contributed by atoms with E-state index in [1.54, 1.807) is 36.4 Å². The number of hydrogen-bond donors (Lipinski definition) is 1. The van der Waals surface area contributed by atoms with E-state index in [0.717, 1.165) is 17.8 Å². The Morgan fingerprint density at radius 2 is 1.83 bits per heavy atom. The third-order valence-electron chi connectivity index (χ3n) is 5.62. The number of carbonyl (C=O) groups is 1. The fourth-order valence-electron chi connectivity index (χ4n) is 3.81. The zero-order valence-electron chi connectivity index (χ0n) is 19.1. The van der Waals surface area contributed by atoms with E-state index in [0.29, 0.717) is 46.3 Å². The number of para-hydroxylation sites is 1. The third kappa shape index (κ3) is 7.04. The molecule has 3 aromatic rings. The Morgan fingerprint density at radius 3 is 2.57 bits per heavy atom. The second-order valence-electron chi connectivity index (χ2n) is 8.10. The Bertz CT molecular complexity index is 1210. The van der Waals surface area contributed by atoms with Crippen molar-refractivity contribution in [3.63, 3.8) is 0 Å². The molecule has 1 amide bonds. The van der Waals surface area contributed by atoms with E-state index in [1.165, 1.54) is 36.7 Å². The van der Waals surface area contributed by atoms with Crippen molar-refractivity contribution in [2.75, 3.05) is 18.5 Å². The lowest BCUT2D eigenvalue weighted by molar-refractivity contribution is -0.112. The van der Waals surface area contributed by atoms with Crippen molar-refractivity contribution in [2.24, 2.45) is 0 Å². The molecule has 180 valence electrons. The standard InChI is InChI=1S/C26H25ClN4O3S/c27-22-8-4-5-9-23(22)34-15-14-33-21-12-10-18(11-13-21)16-20(17-28)24(32)29-26-31-30-25(35-26)19-6-2-1-3-7-19/h4-5,8-13,16,19H,1-3,6-7,14-15H2,(H,29,31,32)/b20-16-. The Hall–Kier alpha value is -3.41. The van der Waals surface area contributed by atoms with Crippen LogP contribution in [-0.2, 0) is 4.79 Å². The lowest BCUT2D eigenvalue weighted by Gasteiger charge is -2.18. The first-order valence-corrected chi connectivity index (χ1v) is 12.7. The Labute approximate surface area is 213 Å². The minimum absolute atomic E-state index is 0.0128. The van der Waals surface area contributed by atoms with Crippen LogP contribution in [0, 0.1) is 11.3 Å². The first kappa shape index (κ1) is 24.7. The van der Waals surface area contributed by atoms with Crippen LogP contribution >= 0.6 is 22.9 Å². The number of benzene rings is 2. The van der Waals surface area contributed by atoms with Crippen LogP contribution in [0.3, 0.4) is 0 Å². The number of ether oxygens (including phenoxy) is 2. The van der Waals surface area contributed by atoms with Gasteiger partial charge in [-0.15, -0.1) is 10.2 Å². The van der Waals surface area contributed by atoms with Crippen LogP contribution in [0.15, 0.2) is 54.1 Å². The fraction of sp³-hybridized carbons (Fsp3) is 0.308. The molecule has 9 heteroatoms. The highest BCUT2D eigenvalue weighted by molar-refractivity contribution is 7.15. The maximum atomic E-state index is 12.6. The van der Waals surface area contributed by atoms with Gasteiger partial charge in [0.25, 0.3) is 5.91 Å². The molecule has 0 bridgehead atoms. The highest BCUT2D eigenvalue weighted by atomic mass is 35.5. The molecule has 7 nitrogen and oxygen atoms in total. The number of hydrogen-bond acceptors (Lipinski definition) is 7. The van der Waals surface area contributed by atoms with Crippen LogP contribution in [0.25, 0.3) is 6.08 Å². The van der Waals surface area contributed by atoms with Crippen LogP contribution in [0.1, 0.15) is 48.6 Å². The van der Waals surface area contributed by atoms with Gasteiger partial charge in [-0.25, -0.2) is 0 Å². The van der Waals surface area contributed by atoms with Gasteiger partial charge < -0.3 is 9.47 Å². The van der Waals surface area contributed by atoms with Gasteiger partial charge in [0.1, 0.15) is 41.4 Å². The van der Waals surface area contributed by atoms with Crippen molar-refractivity contribution < 1.29 is 14.3 Å². The van der Waals surface area contributed by atoms with Gasteiger partial charge in [0.2, 0.25) is 5.13 Å². The minimum Gasteiger partial charge on any atom is -0.490 e. The Morgan fingerprint density at radius 1 is 1.09 bits per heavy atom. The van der Waals surface area contributed by atoms with Gasteiger partial charge in [-0.1, -0.05) is 66.5 Å². The smallest absolute Gasteiger partial charge is 0.268 e. The summed E-state index contributed by atoms with van der Waals surface area (Å²) in [6, 6.07) is 16.3. The molecule has 0 saturated heterocycles. The predicted molar refractivity (Wildman–Crippen MR) is 137 cm³/mol. The molecule has 0 spiro atoms. The van der Waals surface area contributed by atoms with Gasteiger partial charge in [0.15, 0.2) is 0 Å². The van der Waals surface area contributed by atoms with E-state index < -0.39 is 5.91 Å². The molecule has 1 heterocycles. The van der Waals surface area contributed by atoms with Crippen LogP contribution < -0.4 is 14.8 Å². The lowest BCUT2D eigenvalue weighted by Crippen LogP contribution is -2.13. The maximum absolute atomic E-state index is 12.6. The SMILES string of the molecule is N#C/C(=C/c1ccc(OCCOc2ccccc2Cl)cc1)C(=O)Nc1nnc(C2CCCCC2)s1. The van der Waals surface area contributed by atoms with Gasteiger partial charge in [-0.05, 0) is 48.7 Å². The first-order valence-electron chi connectivity index (χ1n) is 11.5. The summed E-state index contributed by atoms with van der Waals surface area (Å²) in [5, 5.41) is 22.5. The Balaban J connectivity index is 1.29. The topological polar surface area (TPSA) is 97.1 Å². The van der Waals surface area contributed by atoms with Gasteiger partial charge in [-0.2, -0.15) is 5.26 Å². The summed E-state index contributed by atoms with van der Waals surface area (Å²) in [5.41, 5.74) is 0.692. The zero-order chi connectivity index (χ0) is 24.5. The average Bonchev–Trinajstić information content (AvgIpc) is 3.36. The largest absolute Gasteiger partial charge is 0.490 e. The predicted octanol–water partition coefficient (Wildman–Crippen LogP) is 6.24. The van der Waals surface area contributed by atoms with Gasteiger partial charge in [-0.3, -0.25) is 10.1 Å². The molecule has 1 aromatic heterocycles. The number of aromatic nitrogens is 2. The number of nitrogens with zero attached hydrogens (tertiary/aromatic N) is 3. The zero-order valence-corrected chi connectivity index (χ0v) is 20.6. The molecule has 1 aliphatic carbocycles. The van der Waals surface area contributed by atoms with Gasteiger partial charge in [0.05, 0.1) is 5.02 Å². The molecule has 4 rings (SSSR count). The number of rotatable bonds is 9. The van der Waals surface area contributed by atoms with E-state index in [-0.39, 0.29) is 5.57 Å². The van der Waals surface area contributed by atoms with Crippen molar-refractivity contribution in [3.05, 3.63) is 69.7 Å². The summed E-state index contributed by atoms with van der Waals surface area (Å²) in [6.45, 7) is 0.690. The van der Waals surface area contributed by atoms with E-state index in [2.05, 4.69) is 15.5 Å². The summed E-state index contributed by atoms with van der Waals surface area (Å²) in [5.74, 6) is 1.17. The summed E-state index contributed by atoms with van der Waals surface area (Å²) >= 11 is 7.45. The van der Waals surface area contributed by atoms with Crippen molar-refractivity contribution >= 4 is 40.1 Å². The van der Waals surface area contributed by atoms with Crippen molar-refractivity contribution in [2.45, 2.75) is 38.0 Å². The number of halogens is 1. The monoisotopic (exact) mass is 508 g/mol. The minimum atomic E-state index is -0.504. The van der Waals surface area contributed by atoms with Crippen molar-refractivity contribution in [1.82, 2.24) is 10.2 Å². The summed E-state index contributed by atoms with van der Waals surface area (Å²) < 4.78 is 11.3. The summed E-state index contributed by atoms with van der Waals surface area (Å²) in [7, 11) is 0. The molecule has 0 radical (unpaired) electrons. The van der Waals surface area contributed by atoms with Crippen LogP contribution in [0.5, 0.6) is 11.5 Å². The average molecular weight is 509 g/mol. The number of nitriles is 1. The number of anilines is 1. The van der Waals surface area contributed by atoms with Gasteiger partial charge >= 0.3 is 0 Å². The van der Waals surface area contributed by atoms with E-state index in [1.807, 2.05) is 18.2 Å². The number of carbonyl (C=O) groups excluding carboxylic acids is 1. The van der Waals surface area contributed by atoms with E-state index >= 15 is 0 Å². The highest BCUT2D eigenvalue weighted by Gasteiger charge is 2.20. The van der Waals surface area contributed by atoms with Crippen LogP contribution in [0.2, 0.25) is 5.02 Å². The van der Waals surface area contributed by atoms with Gasteiger partial charge in [0, 0.05) is 5.92 Å². The molecule has 1 fully saturated rings. The molecule has 35 heavy (non-hydrogen) atoms. The molecule has 1 N–H and O–H groups in total. The summed E-state index contributed by atoms with van der Waals surface area (Å²) in [4.78, 5) is 12.6. The number of amides is 1. The lowest BCUT2D eigenvalue weighted by atomic mass is 9.90. The van der Waals surface area contributed by atoms with Crippen LogP contribution in [-0.4, -0.2) is 29.3 Å². The van der Waals surface area contributed by atoms with E-state index in [9.17, 15) is 10.1 Å². The maximum Gasteiger partial charge on any atom is 0.268 e. The molecule has 0 aliphatic heterocycles. The molecular formula is C26H25ClN4O3S. The molecule has 1 saturated carbocycles. The van der Waals surface area contributed by atoms with Crippen LogP contribution in [0.4, 0.5) is 5.13 Å². The highest BCUT2D eigenvalue weighted by Crippen LogP contribution is 2.35. The molecular weight excluding hydrogens is 484 g/mol.